The highest BCUT2D eigenvalue weighted by Crippen LogP contribution is 2.43. The maximum absolute atomic E-state index is 12.6. The molecule has 0 N–H and O–H groups in total. The van der Waals surface area contributed by atoms with Gasteiger partial charge < -0.3 is 14.2 Å². The van der Waals surface area contributed by atoms with Crippen molar-refractivity contribution in [3.63, 3.8) is 0 Å². The molecule has 1 spiro atoms. The number of carbonyl (C=O) groups excluding carboxylic acids is 1. The summed E-state index contributed by atoms with van der Waals surface area (Å²) in [6.07, 6.45) is 2.37. The first kappa shape index (κ1) is 16.0. The molecule has 0 aliphatic carbocycles. The fourth-order valence-electron chi connectivity index (χ4n) is 3.51. The number of methoxy groups -OCH3 is 1. The molecular formula is C18H25NO4. The van der Waals surface area contributed by atoms with Crippen LogP contribution in [-0.4, -0.2) is 42.4 Å². The molecular weight excluding hydrogens is 294 g/mol. The van der Waals surface area contributed by atoms with E-state index >= 15 is 0 Å². The second kappa shape index (κ2) is 5.62. The number of rotatable bonds is 1. The van der Waals surface area contributed by atoms with Gasteiger partial charge in [0.15, 0.2) is 0 Å². The SMILES string of the molecule is COc1cccc2c1CC1(CCCN1C(=O)OC(C)(C)C)CO2. The summed E-state index contributed by atoms with van der Waals surface area (Å²) in [5, 5.41) is 0. The van der Waals surface area contributed by atoms with Crippen molar-refractivity contribution in [1.29, 1.82) is 0 Å². The van der Waals surface area contributed by atoms with Gasteiger partial charge >= 0.3 is 6.09 Å². The predicted molar refractivity (Wildman–Crippen MR) is 87.1 cm³/mol. The number of ether oxygens (including phenoxy) is 3. The number of carbonyl (C=O) groups is 1. The smallest absolute Gasteiger partial charge is 0.410 e. The molecule has 2 heterocycles. The molecule has 1 fully saturated rings. The average molecular weight is 319 g/mol. The Bertz CT molecular complexity index is 593. The van der Waals surface area contributed by atoms with Gasteiger partial charge in [0, 0.05) is 18.5 Å². The van der Waals surface area contributed by atoms with Gasteiger partial charge in [-0.3, -0.25) is 4.90 Å². The number of fused-ring (bicyclic) bond motifs is 1. The molecule has 0 radical (unpaired) electrons. The molecule has 0 saturated carbocycles. The zero-order chi connectivity index (χ0) is 16.7. The highest BCUT2D eigenvalue weighted by atomic mass is 16.6. The predicted octanol–water partition coefficient (Wildman–Crippen LogP) is 3.40. The highest BCUT2D eigenvalue weighted by molar-refractivity contribution is 5.70. The van der Waals surface area contributed by atoms with Crippen LogP contribution in [0.25, 0.3) is 0 Å². The van der Waals surface area contributed by atoms with E-state index in [2.05, 4.69) is 0 Å². The summed E-state index contributed by atoms with van der Waals surface area (Å²) in [5.74, 6) is 1.67. The van der Waals surface area contributed by atoms with Crippen LogP contribution in [0.5, 0.6) is 11.5 Å². The zero-order valence-electron chi connectivity index (χ0n) is 14.3. The lowest BCUT2D eigenvalue weighted by Gasteiger charge is -2.42. The third kappa shape index (κ3) is 2.96. The van der Waals surface area contributed by atoms with E-state index in [1.807, 2.05) is 43.9 Å². The van der Waals surface area contributed by atoms with Crippen LogP contribution in [0.2, 0.25) is 0 Å². The maximum atomic E-state index is 12.6. The highest BCUT2D eigenvalue weighted by Gasteiger charge is 2.48. The Morgan fingerprint density at radius 1 is 1.35 bits per heavy atom. The lowest BCUT2D eigenvalue weighted by Crippen LogP contribution is -2.55. The van der Waals surface area contributed by atoms with Crippen LogP contribution in [0.1, 0.15) is 39.2 Å². The van der Waals surface area contributed by atoms with E-state index in [0.29, 0.717) is 13.2 Å². The Labute approximate surface area is 137 Å². The third-order valence-electron chi connectivity index (χ3n) is 4.52. The monoisotopic (exact) mass is 319 g/mol. The minimum atomic E-state index is -0.494. The van der Waals surface area contributed by atoms with Crippen LogP contribution < -0.4 is 9.47 Å². The van der Waals surface area contributed by atoms with Gasteiger partial charge in [0.2, 0.25) is 0 Å². The quantitative estimate of drug-likeness (QED) is 0.796. The van der Waals surface area contributed by atoms with Crippen molar-refractivity contribution in [2.24, 2.45) is 0 Å². The van der Waals surface area contributed by atoms with Gasteiger partial charge in [-0.25, -0.2) is 4.79 Å². The number of hydrogen-bond acceptors (Lipinski definition) is 4. The normalized spacial score (nSPS) is 23.4. The average Bonchev–Trinajstić information content (AvgIpc) is 2.88. The van der Waals surface area contributed by atoms with Crippen LogP contribution in [0.3, 0.4) is 0 Å². The van der Waals surface area contributed by atoms with Gasteiger partial charge in [0.1, 0.15) is 23.7 Å². The van der Waals surface area contributed by atoms with Crippen molar-refractivity contribution in [3.8, 4) is 11.5 Å². The van der Waals surface area contributed by atoms with E-state index in [4.69, 9.17) is 14.2 Å². The minimum Gasteiger partial charge on any atom is -0.496 e. The van der Waals surface area contributed by atoms with Gasteiger partial charge in [-0.2, -0.15) is 0 Å². The zero-order valence-corrected chi connectivity index (χ0v) is 14.3. The fourth-order valence-corrected chi connectivity index (χ4v) is 3.51. The van der Waals surface area contributed by atoms with Crippen molar-refractivity contribution in [2.75, 3.05) is 20.3 Å². The number of nitrogens with zero attached hydrogens (tertiary/aromatic N) is 1. The van der Waals surface area contributed by atoms with E-state index in [0.717, 1.165) is 36.3 Å². The van der Waals surface area contributed by atoms with Crippen molar-refractivity contribution in [2.45, 2.75) is 51.2 Å². The van der Waals surface area contributed by atoms with Crippen LogP contribution in [-0.2, 0) is 11.2 Å². The van der Waals surface area contributed by atoms with Gasteiger partial charge in [-0.1, -0.05) is 6.07 Å². The molecule has 1 saturated heterocycles. The Morgan fingerprint density at radius 3 is 2.83 bits per heavy atom. The molecule has 5 heteroatoms. The standard InChI is InChI=1S/C18H25NO4/c1-17(2,3)23-16(20)19-10-6-9-18(19)11-13-14(21-4)7-5-8-15(13)22-12-18/h5,7-8H,6,9-12H2,1-4H3. The van der Waals surface area contributed by atoms with Crippen molar-refractivity contribution in [3.05, 3.63) is 23.8 Å². The lowest BCUT2D eigenvalue weighted by atomic mass is 9.86. The number of likely N-dealkylation sites (tertiary alicyclic amines) is 1. The van der Waals surface area contributed by atoms with Crippen LogP contribution in [0.4, 0.5) is 4.79 Å². The topological polar surface area (TPSA) is 48.0 Å². The third-order valence-corrected chi connectivity index (χ3v) is 4.52. The number of amides is 1. The Kier molecular flexibility index (Phi) is 3.90. The molecule has 0 aromatic heterocycles. The fraction of sp³-hybridized carbons (Fsp3) is 0.611. The summed E-state index contributed by atoms with van der Waals surface area (Å²) in [6.45, 7) is 6.89. The molecule has 1 amide bonds. The molecule has 1 unspecified atom stereocenters. The molecule has 3 rings (SSSR count). The number of benzene rings is 1. The lowest BCUT2D eigenvalue weighted by molar-refractivity contribution is -0.00564. The van der Waals surface area contributed by atoms with E-state index in [1.165, 1.54) is 0 Å². The Morgan fingerprint density at radius 2 is 2.13 bits per heavy atom. The van der Waals surface area contributed by atoms with Gasteiger partial charge in [-0.05, 0) is 45.7 Å². The summed E-state index contributed by atoms with van der Waals surface area (Å²) in [5.41, 5.74) is 0.215. The van der Waals surface area contributed by atoms with Crippen molar-refractivity contribution >= 4 is 6.09 Å². The van der Waals surface area contributed by atoms with Crippen molar-refractivity contribution in [1.82, 2.24) is 4.90 Å². The molecule has 2 aliphatic rings. The molecule has 1 aromatic carbocycles. The van der Waals surface area contributed by atoms with E-state index < -0.39 is 5.60 Å². The summed E-state index contributed by atoms with van der Waals surface area (Å²) in [4.78, 5) is 14.5. The van der Waals surface area contributed by atoms with Crippen LogP contribution in [0, 0.1) is 0 Å². The number of hydrogen-bond donors (Lipinski definition) is 0. The molecule has 1 aromatic rings. The summed E-state index contributed by atoms with van der Waals surface area (Å²) in [6, 6.07) is 5.82. The molecule has 2 aliphatic heterocycles. The van der Waals surface area contributed by atoms with Crippen LogP contribution >= 0.6 is 0 Å². The van der Waals surface area contributed by atoms with Gasteiger partial charge in [0.05, 0.1) is 12.6 Å². The molecule has 5 nitrogen and oxygen atoms in total. The van der Waals surface area contributed by atoms with E-state index in [1.54, 1.807) is 7.11 Å². The first-order chi connectivity index (χ1) is 10.8. The first-order valence-corrected chi connectivity index (χ1v) is 8.14. The van der Waals surface area contributed by atoms with Gasteiger partial charge in [0.25, 0.3) is 0 Å². The second-order valence-electron chi connectivity index (χ2n) is 7.36. The summed E-state index contributed by atoms with van der Waals surface area (Å²) < 4.78 is 17.1. The molecule has 0 bridgehead atoms. The minimum absolute atomic E-state index is 0.253. The Balaban J connectivity index is 1.88. The van der Waals surface area contributed by atoms with E-state index in [-0.39, 0.29) is 11.6 Å². The Hall–Kier alpha value is -1.91. The second-order valence-corrected chi connectivity index (χ2v) is 7.36. The van der Waals surface area contributed by atoms with Crippen LogP contribution in [0.15, 0.2) is 18.2 Å². The summed E-state index contributed by atoms with van der Waals surface area (Å²) >= 11 is 0. The maximum Gasteiger partial charge on any atom is 0.410 e. The molecule has 126 valence electrons. The first-order valence-electron chi connectivity index (χ1n) is 8.14. The molecule has 1 atom stereocenters. The molecule has 23 heavy (non-hydrogen) atoms. The van der Waals surface area contributed by atoms with E-state index in [9.17, 15) is 4.79 Å². The summed E-state index contributed by atoms with van der Waals surface area (Å²) in [7, 11) is 1.66. The van der Waals surface area contributed by atoms with Gasteiger partial charge in [-0.15, -0.1) is 0 Å². The largest absolute Gasteiger partial charge is 0.496 e. The van der Waals surface area contributed by atoms with Crippen molar-refractivity contribution < 1.29 is 19.0 Å².